The van der Waals surface area contributed by atoms with Gasteiger partial charge in [0.2, 0.25) is 0 Å². The predicted molar refractivity (Wildman–Crippen MR) is 118 cm³/mol. The molecular formula is C24H22BrN3O. The number of hydrogen-bond acceptors (Lipinski definition) is 4. The van der Waals surface area contributed by atoms with Crippen LogP contribution in [0, 0.1) is 25.2 Å². The van der Waals surface area contributed by atoms with Gasteiger partial charge < -0.3 is 5.73 Å². The zero-order valence-corrected chi connectivity index (χ0v) is 18.1. The summed E-state index contributed by atoms with van der Waals surface area (Å²) in [5, 5.41) is 10.1. The van der Waals surface area contributed by atoms with Crippen molar-refractivity contribution in [2.24, 2.45) is 5.73 Å². The maximum absolute atomic E-state index is 13.1. The minimum atomic E-state index is -0.410. The monoisotopic (exact) mass is 447 g/mol. The van der Waals surface area contributed by atoms with Gasteiger partial charge in [-0.15, -0.1) is 0 Å². The largest absolute Gasteiger partial charge is 0.384 e. The maximum Gasteiger partial charge on any atom is 0.161 e. The van der Waals surface area contributed by atoms with Crippen molar-refractivity contribution in [3.05, 3.63) is 86.3 Å². The highest BCUT2D eigenvalue weighted by Gasteiger charge is 2.40. The molecule has 1 atom stereocenters. The number of Topliss-reactive ketones (excluding diaryl/α,β-unsaturated/α-hetero) is 1. The lowest BCUT2D eigenvalue weighted by Crippen LogP contribution is -2.38. The van der Waals surface area contributed by atoms with Crippen LogP contribution in [0.2, 0.25) is 0 Å². The number of anilines is 1. The topological polar surface area (TPSA) is 70.1 Å². The molecule has 4 rings (SSSR count). The van der Waals surface area contributed by atoms with Crippen molar-refractivity contribution in [1.82, 2.24) is 0 Å². The molecule has 0 amide bonds. The number of nitriles is 1. The Bertz CT molecular complexity index is 1120. The summed E-state index contributed by atoms with van der Waals surface area (Å²) >= 11 is 3.51. The normalized spacial score (nSPS) is 19.3. The summed E-state index contributed by atoms with van der Waals surface area (Å²) in [6.45, 7) is 4.07. The van der Waals surface area contributed by atoms with E-state index in [1.165, 1.54) is 0 Å². The second kappa shape index (κ2) is 7.53. The van der Waals surface area contributed by atoms with Crippen molar-refractivity contribution in [1.29, 1.82) is 5.26 Å². The number of carbonyl (C=O) groups excluding carboxylic acids is 1. The highest BCUT2D eigenvalue weighted by Crippen LogP contribution is 2.47. The lowest BCUT2D eigenvalue weighted by Gasteiger charge is -2.40. The molecule has 1 aliphatic heterocycles. The number of rotatable bonds is 2. The van der Waals surface area contributed by atoms with Gasteiger partial charge in [0.15, 0.2) is 5.78 Å². The fourth-order valence-electron chi connectivity index (χ4n) is 4.46. The molecule has 2 aliphatic rings. The number of carbonyl (C=O) groups is 1. The first-order chi connectivity index (χ1) is 13.9. The second-order valence-electron chi connectivity index (χ2n) is 7.66. The first-order valence-corrected chi connectivity index (χ1v) is 10.5. The van der Waals surface area contributed by atoms with Gasteiger partial charge in [0.25, 0.3) is 0 Å². The second-order valence-corrected chi connectivity index (χ2v) is 8.57. The fraction of sp³-hybridized carbons (Fsp3) is 0.250. The maximum atomic E-state index is 13.1. The van der Waals surface area contributed by atoms with Gasteiger partial charge in [-0.1, -0.05) is 45.8 Å². The smallest absolute Gasteiger partial charge is 0.161 e. The van der Waals surface area contributed by atoms with Gasteiger partial charge in [0.1, 0.15) is 5.82 Å². The minimum Gasteiger partial charge on any atom is -0.384 e. The molecule has 146 valence electrons. The number of ketones is 1. The number of halogens is 1. The Hall–Kier alpha value is -2.84. The quantitative estimate of drug-likeness (QED) is 0.671. The van der Waals surface area contributed by atoms with E-state index in [1.807, 2.05) is 55.1 Å². The summed E-state index contributed by atoms with van der Waals surface area (Å²) in [4.78, 5) is 15.0. The summed E-state index contributed by atoms with van der Waals surface area (Å²) < 4.78 is 0.919. The zero-order chi connectivity index (χ0) is 20.7. The van der Waals surface area contributed by atoms with E-state index in [4.69, 9.17) is 5.73 Å². The van der Waals surface area contributed by atoms with Crippen LogP contribution >= 0.6 is 15.9 Å². The Labute approximate surface area is 179 Å². The van der Waals surface area contributed by atoms with Gasteiger partial charge in [-0.2, -0.15) is 5.26 Å². The van der Waals surface area contributed by atoms with Crippen molar-refractivity contribution < 1.29 is 4.79 Å². The van der Waals surface area contributed by atoms with Crippen LogP contribution in [0.3, 0.4) is 0 Å². The Morgan fingerprint density at radius 2 is 1.97 bits per heavy atom. The highest BCUT2D eigenvalue weighted by molar-refractivity contribution is 9.10. The number of nitrogens with zero attached hydrogens (tertiary/aromatic N) is 2. The van der Waals surface area contributed by atoms with Crippen LogP contribution in [0.4, 0.5) is 5.69 Å². The van der Waals surface area contributed by atoms with Crippen LogP contribution < -0.4 is 10.6 Å². The molecule has 1 heterocycles. The van der Waals surface area contributed by atoms with Crippen molar-refractivity contribution in [3.63, 3.8) is 0 Å². The Kier molecular flexibility index (Phi) is 5.06. The standard InChI is InChI=1S/C24H22BrN3O/c1-14-9-10-18(15(2)11-14)22-19(13-26)24(27)28(17-6-3-5-16(25)12-17)20-7-4-8-21(29)23(20)22/h3,5-6,9-12,22H,4,7-8,27H2,1-2H3/t22-/m1/s1. The minimum absolute atomic E-state index is 0.108. The number of aryl methyl sites for hydroxylation is 2. The van der Waals surface area contributed by atoms with Crippen LogP contribution in [0.25, 0.3) is 0 Å². The Morgan fingerprint density at radius 3 is 2.66 bits per heavy atom. The summed E-state index contributed by atoms with van der Waals surface area (Å²) in [7, 11) is 0. The molecule has 0 spiro atoms. The Balaban J connectivity index is 1.99. The number of hydrogen-bond donors (Lipinski definition) is 1. The molecule has 2 aromatic carbocycles. The molecule has 29 heavy (non-hydrogen) atoms. The average molecular weight is 448 g/mol. The first kappa shape index (κ1) is 19.5. The van der Waals surface area contributed by atoms with Crippen molar-refractivity contribution >= 4 is 27.4 Å². The molecule has 2 N–H and O–H groups in total. The van der Waals surface area contributed by atoms with Crippen molar-refractivity contribution in [2.45, 2.75) is 39.0 Å². The van der Waals surface area contributed by atoms with E-state index < -0.39 is 5.92 Å². The van der Waals surface area contributed by atoms with Gasteiger partial charge in [0.05, 0.1) is 17.6 Å². The third kappa shape index (κ3) is 3.28. The molecule has 0 unspecified atom stereocenters. The zero-order valence-electron chi connectivity index (χ0n) is 16.5. The van der Waals surface area contributed by atoms with Gasteiger partial charge in [-0.3, -0.25) is 9.69 Å². The number of nitrogens with two attached hydrogens (primary N) is 1. The van der Waals surface area contributed by atoms with E-state index in [2.05, 4.69) is 28.1 Å². The highest BCUT2D eigenvalue weighted by atomic mass is 79.9. The van der Waals surface area contributed by atoms with Crippen LogP contribution in [-0.2, 0) is 4.79 Å². The molecule has 0 fully saturated rings. The molecule has 0 saturated carbocycles. The lowest BCUT2D eigenvalue weighted by atomic mass is 9.74. The molecule has 4 nitrogen and oxygen atoms in total. The molecule has 5 heteroatoms. The SMILES string of the molecule is Cc1ccc([C@@H]2C(C#N)=C(N)N(c3cccc(Br)c3)C3=C2C(=O)CCC3)c(C)c1. The Morgan fingerprint density at radius 1 is 1.17 bits per heavy atom. The summed E-state index contributed by atoms with van der Waals surface area (Å²) in [5.41, 5.74) is 12.7. The lowest BCUT2D eigenvalue weighted by molar-refractivity contribution is -0.116. The molecular weight excluding hydrogens is 426 g/mol. The van der Waals surface area contributed by atoms with E-state index in [9.17, 15) is 10.1 Å². The van der Waals surface area contributed by atoms with E-state index in [-0.39, 0.29) is 5.78 Å². The van der Waals surface area contributed by atoms with Gasteiger partial charge in [-0.25, -0.2) is 0 Å². The molecule has 0 aromatic heterocycles. The fourth-order valence-corrected chi connectivity index (χ4v) is 4.84. The van der Waals surface area contributed by atoms with Gasteiger partial charge >= 0.3 is 0 Å². The molecule has 2 aromatic rings. The van der Waals surface area contributed by atoms with Crippen molar-refractivity contribution in [3.8, 4) is 6.07 Å². The summed E-state index contributed by atoms with van der Waals surface area (Å²) in [6.07, 6.45) is 2.05. The molecule has 1 aliphatic carbocycles. The molecule has 0 radical (unpaired) electrons. The van der Waals surface area contributed by atoms with Gasteiger partial charge in [-0.05, 0) is 56.0 Å². The van der Waals surface area contributed by atoms with Crippen LogP contribution in [-0.4, -0.2) is 5.78 Å². The molecule has 0 bridgehead atoms. The van der Waals surface area contributed by atoms with Crippen molar-refractivity contribution in [2.75, 3.05) is 4.90 Å². The molecule has 0 saturated heterocycles. The third-order valence-corrected chi connectivity index (χ3v) is 6.21. The predicted octanol–water partition coefficient (Wildman–Crippen LogP) is 5.37. The third-order valence-electron chi connectivity index (χ3n) is 5.72. The first-order valence-electron chi connectivity index (χ1n) is 9.71. The van der Waals surface area contributed by atoms with Crippen LogP contribution in [0.1, 0.15) is 41.9 Å². The number of allylic oxidation sites excluding steroid dienone is 3. The number of benzene rings is 2. The van der Waals surface area contributed by atoms with E-state index in [0.717, 1.165) is 45.4 Å². The van der Waals surface area contributed by atoms with Crippen LogP contribution in [0.15, 0.2) is 69.6 Å². The van der Waals surface area contributed by atoms with Crippen LogP contribution in [0.5, 0.6) is 0 Å². The van der Waals surface area contributed by atoms with E-state index >= 15 is 0 Å². The van der Waals surface area contributed by atoms with Gasteiger partial charge in [0, 0.05) is 27.9 Å². The van der Waals surface area contributed by atoms with E-state index in [1.54, 1.807) is 0 Å². The summed E-state index contributed by atoms with van der Waals surface area (Å²) in [5.74, 6) is 0.104. The van der Waals surface area contributed by atoms with E-state index in [0.29, 0.717) is 23.4 Å². The average Bonchev–Trinajstić information content (AvgIpc) is 2.67. The summed E-state index contributed by atoms with van der Waals surface area (Å²) in [6, 6.07) is 16.3.